The van der Waals surface area contributed by atoms with Crippen molar-refractivity contribution in [2.75, 3.05) is 28.7 Å². The predicted molar refractivity (Wildman–Crippen MR) is 111 cm³/mol. The highest BCUT2D eigenvalue weighted by molar-refractivity contribution is 6.12. The van der Waals surface area contributed by atoms with E-state index < -0.39 is 6.09 Å². The maximum Gasteiger partial charge on any atom is 0.411 e. The van der Waals surface area contributed by atoms with Crippen molar-refractivity contribution in [2.24, 2.45) is 0 Å². The van der Waals surface area contributed by atoms with Gasteiger partial charge in [0.1, 0.15) is 23.0 Å². The zero-order valence-corrected chi connectivity index (χ0v) is 15.9. The molecule has 3 aromatic rings. The number of nitrogens with zero attached hydrogens (tertiary/aromatic N) is 4. The predicted octanol–water partition coefficient (Wildman–Crippen LogP) is 2.32. The Morgan fingerprint density at radius 2 is 1.87 bits per heavy atom. The van der Waals surface area contributed by atoms with E-state index in [1.165, 1.54) is 19.3 Å². The molecule has 2 heterocycles. The molecule has 1 amide bonds. The molecule has 0 spiro atoms. The molecule has 11 heteroatoms. The van der Waals surface area contributed by atoms with Crippen molar-refractivity contribution in [3.63, 3.8) is 0 Å². The largest absolute Gasteiger partial charge is 0.465 e. The number of nitrogens with two attached hydrogens (primary N) is 2. The van der Waals surface area contributed by atoms with Gasteiger partial charge in [0.15, 0.2) is 17.5 Å². The van der Waals surface area contributed by atoms with Crippen molar-refractivity contribution in [3.8, 4) is 0 Å². The van der Waals surface area contributed by atoms with E-state index in [-0.39, 0.29) is 41.2 Å². The zero-order chi connectivity index (χ0) is 21.8. The molecule has 0 aliphatic carbocycles. The number of amides is 1. The second kappa shape index (κ2) is 8.39. The number of hydrogen-bond acceptors (Lipinski definition) is 8. The first-order chi connectivity index (χ1) is 14.3. The second-order valence-corrected chi connectivity index (χ2v) is 6.23. The third kappa shape index (κ3) is 4.09. The molecule has 0 unspecified atom stereocenters. The van der Waals surface area contributed by atoms with E-state index in [4.69, 9.17) is 22.0 Å². The molecule has 0 aliphatic heterocycles. The number of nitrogen functional groups attached to an aromatic ring is 2. The Morgan fingerprint density at radius 3 is 2.50 bits per heavy atom. The number of anilines is 4. The number of aromatic nitrogens is 3. The van der Waals surface area contributed by atoms with Crippen molar-refractivity contribution < 1.29 is 14.3 Å². The smallest absolute Gasteiger partial charge is 0.411 e. The summed E-state index contributed by atoms with van der Waals surface area (Å²) >= 11 is 0. The van der Waals surface area contributed by atoms with Crippen LogP contribution in [0.4, 0.5) is 32.3 Å². The minimum atomic E-state index is -1.29. The lowest BCUT2D eigenvalue weighted by Gasteiger charge is -2.18. The molecule has 30 heavy (non-hydrogen) atoms. The number of hydrogen-bond donors (Lipinski definition) is 5. The molecule has 3 rings (SSSR count). The van der Waals surface area contributed by atoms with E-state index in [2.05, 4.69) is 20.3 Å². The van der Waals surface area contributed by atoms with Gasteiger partial charge in [-0.3, -0.25) is 10.3 Å². The first-order valence-electron chi connectivity index (χ1n) is 8.70. The van der Waals surface area contributed by atoms with E-state index in [0.717, 1.165) is 4.90 Å². The number of nitrogens with one attached hydrogen (secondary N) is 2. The fourth-order valence-electron chi connectivity index (χ4n) is 2.73. The molecular weight excluding hydrogens is 391 g/mol. The van der Waals surface area contributed by atoms with Gasteiger partial charge >= 0.3 is 6.09 Å². The fraction of sp³-hybridized carbons (Fsp3) is 0.105. The van der Waals surface area contributed by atoms with Crippen LogP contribution in [-0.4, -0.2) is 38.9 Å². The standard InChI is InChI=1S/C19H19FN8O2/c1-28(19(29)30)14-15(22)26-18(27-16(14)23)13(21)11-6-4-8-24-17(11)25-9-10-5-2-3-7-12(10)20/h2-8,21H,9H2,1H3,(H,24,25)(H,29,30)(H4,22,23,26,27). The highest BCUT2D eigenvalue weighted by Crippen LogP contribution is 2.27. The summed E-state index contributed by atoms with van der Waals surface area (Å²) in [6, 6.07) is 9.55. The molecule has 10 nitrogen and oxygen atoms in total. The molecule has 0 saturated heterocycles. The van der Waals surface area contributed by atoms with Crippen LogP contribution < -0.4 is 21.7 Å². The third-order valence-electron chi connectivity index (χ3n) is 4.27. The summed E-state index contributed by atoms with van der Waals surface area (Å²) in [6.07, 6.45) is 0.237. The molecule has 154 valence electrons. The van der Waals surface area contributed by atoms with Crippen LogP contribution in [0, 0.1) is 11.2 Å². The van der Waals surface area contributed by atoms with Gasteiger partial charge in [-0.15, -0.1) is 0 Å². The van der Waals surface area contributed by atoms with Crippen LogP contribution in [0.3, 0.4) is 0 Å². The zero-order valence-electron chi connectivity index (χ0n) is 15.9. The highest BCUT2D eigenvalue weighted by Gasteiger charge is 2.21. The van der Waals surface area contributed by atoms with Gasteiger partial charge in [0, 0.05) is 30.9 Å². The highest BCUT2D eigenvalue weighted by atomic mass is 19.1. The van der Waals surface area contributed by atoms with Gasteiger partial charge in [0.25, 0.3) is 0 Å². The summed E-state index contributed by atoms with van der Waals surface area (Å²) in [7, 11) is 1.25. The second-order valence-electron chi connectivity index (χ2n) is 6.23. The number of halogens is 1. The number of carbonyl (C=O) groups is 1. The van der Waals surface area contributed by atoms with Gasteiger partial charge in [0.05, 0.1) is 0 Å². The maximum absolute atomic E-state index is 13.9. The summed E-state index contributed by atoms with van der Waals surface area (Å²) in [5, 5.41) is 20.6. The third-order valence-corrected chi connectivity index (χ3v) is 4.27. The molecular formula is C19H19FN8O2. The number of pyridine rings is 1. The summed E-state index contributed by atoms with van der Waals surface area (Å²) in [4.78, 5) is 24.2. The van der Waals surface area contributed by atoms with Crippen LogP contribution in [0.2, 0.25) is 0 Å². The number of carboxylic acid groups (broad SMARTS) is 1. The number of rotatable bonds is 6. The Labute approximate surface area is 170 Å². The molecule has 0 saturated carbocycles. The lowest BCUT2D eigenvalue weighted by molar-refractivity contribution is 0.203. The first kappa shape index (κ1) is 20.5. The SMILES string of the molecule is CN(C(=O)O)c1c(N)nc(C(=N)c2cccnc2NCc2ccccc2F)nc1N. The summed E-state index contributed by atoms with van der Waals surface area (Å²) in [5.41, 5.74) is 12.3. The van der Waals surface area contributed by atoms with Gasteiger partial charge < -0.3 is 21.9 Å². The van der Waals surface area contributed by atoms with Crippen LogP contribution in [-0.2, 0) is 6.54 Å². The van der Waals surface area contributed by atoms with Gasteiger partial charge in [-0.25, -0.2) is 24.1 Å². The normalized spacial score (nSPS) is 10.5. The quantitative estimate of drug-likeness (QED) is 0.386. The van der Waals surface area contributed by atoms with Crippen molar-refractivity contribution in [1.29, 1.82) is 5.41 Å². The van der Waals surface area contributed by atoms with Crippen molar-refractivity contribution >= 4 is 34.9 Å². The van der Waals surface area contributed by atoms with Crippen molar-refractivity contribution in [3.05, 3.63) is 65.4 Å². The van der Waals surface area contributed by atoms with Gasteiger partial charge in [-0.1, -0.05) is 18.2 Å². The van der Waals surface area contributed by atoms with E-state index in [1.54, 1.807) is 30.3 Å². The average molecular weight is 410 g/mol. The first-order valence-corrected chi connectivity index (χ1v) is 8.70. The number of benzene rings is 1. The maximum atomic E-state index is 13.9. The molecule has 7 N–H and O–H groups in total. The average Bonchev–Trinajstić information content (AvgIpc) is 2.72. The van der Waals surface area contributed by atoms with Crippen LogP contribution in [0.5, 0.6) is 0 Å². The topological polar surface area (TPSA) is 167 Å². The van der Waals surface area contributed by atoms with Crippen LogP contribution >= 0.6 is 0 Å². The lowest BCUT2D eigenvalue weighted by atomic mass is 10.1. The van der Waals surface area contributed by atoms with Crippen molar-refractivity contribution in [1.82, 2.24) is 15.0 Å². The minimum absolute atomic E-state index is 0.0665. The van der Waals surface area contributed by atoms with E-state index in [9.17, 15) is 9.18 Å². The molecule has 2 aromatic heterocycles. The Balaban J connectivity index is 1.91. The van der Waals surface area contributed by atoms with E-state index in [1.807, 2.05) is 0 Å². The Bertz CT molecular complexity index is 1100. The molecule has 0 fully saturated rings. The van der Waals surface area contributed by atoms with E-state index in [0.29, 0.717) is 16.9 Å². The summed E-state index contributed by atoms with van der Waals surface area (Å²) in [6.45, 7) is 0.150. The Hall–Kier alpha value is -4.28. The molecule has 0 radical (unpaired) electrons. The minimum Gasteiger partial charge on any atom is -0.465 e. The molecule has 0 atom stereocenters. The summed E-state index contributed by atoms with van der Waals surface area (Å²) < 4.78 is 13.9. The van der Waals surface area contributed by atoms with Gasteiger partial charge in [0.2, 0.25) is 0 Å². The van der Waals surface area contributed by atoms with Gasteiger partial charge in [-0.2, -0.15) is 0 Å². The van der Waals surface area contributed by atoms with Crippen LogP contribution in [0.1, 0.15) is 17.0 Å². The monoisotopic (exact) mass is 410 g/mol. The Kier molecular flexibility index (Phi) is 5.72. The summed E-state index contributed by atoms with van der Waals surface area (Å²) in [5.74, 6) is -0.513. The molecule has 1 aromatic carbocycles. The van der Waals surface area contributed by atoms with Crippen LogP contribution in [0.15, 0.2) is 42.6 Å². The molecule has 0 bridgehead atoms. The van der Waals surface area contributed by atoms with Gasteiger partial charge in [-0.05, 0) is 18.2 Å². The fourth-order valence-corrected chi connectivity index (χ4v) is 2.73. The Morgan fingerprint density at radius 1 is 1.20 bits per heavy atom. The van der Waals surface area contributed by atoms with Crippen molar-refractivity contribution in [2.45, 2.75) is 6.54 Å². The molecule has 0 aliphatic rings. The lowest BCUT2D eigenvalue weighted by Crippen LogP contribution is -2.27. The van der Waals surface area contributed by atoms with Crippen LogP contribution in [0.25, 0.3) is 0 Å². The van der Waals surface area contributed by atoms with E-state index >= 15 is 0 Å².